The second kappa shape index (κ2) is 6.51. The molecule has 0 saturated heterocycles. The van der Waals surface area contributed by atoms with E-state index in [0.29, 0.717) is 0 Å². The summed E-state index contributed by atoms with van der Waals surface area (Å²) in [5.74, 6) is 0.105. The molecule has 0 aliphatic carbocycles. The zero-order valence-electron chi connectivity index (χ0n) is 12.6. The summed E-state index contributed by atoms with van der Waals surface area (Å²) < 4.78 is 0. The maximum Gasteiger partial charge on any atom is 0.198 e. The Labute approximate surface area is 138 Å². The van der Waals surface area contributed by atoms with Gasteiger partial charge < -0.3 is 0 Å². The first-order valence-electron chi connectivity index (χ1n) is 7.01. The van der Waals surface area contributed by atoms with Gasteiger partial charge in [-0.25, -0.2) is 0 Å². The molecule has 1 heterocycles. The Bertz CT molecular complexity index is 771. The van der Waals surface area contributed by atoms with Gasteiger partial charge in [-0.1, -0.05) is 36.4 Å². The standard InChI is InChI=1S/C19H17OS2/c1-22(2)18-6-4-3-5-17(18)19(20)15-9-7-14(8-10-15)16-11-12-21-13-16/h3-13H,1-2H3/q+1. The molecule has 0 saturated carbocycles. The van der Waals surface area contributed by atoms with Gasteiger partial charge in [0.15, 0.2) is 10.7 Å². The molecule has 0 aliphatic heterocycles. The van der Waals surface area contributed by atoms with Gasteiger partial charge in [0.05, 0.1) is 5.56 Å². The molecule has 0 radical (unpaired) electrons. The minimum absolute atomic E-state index is 0.0670. The lowest BCUT2D eigenvalue weighted by Crippen LogP contribution is -2.08. The second-order valence-electron chi connectivity index (χ2n) is 5.23. The predicted octanol–water partition coefficient (Wildman–Crippen LogP) is 4.88. The quantitative estimate of drug-likeness (QED) is 0.493. The molecule has 22 heavy (non-hydrogen) atoms. The van der Waals surface area contributed by atoms with E-state index in [1.54, 1.807) is 11.3 Å². The maximum atomic E-state index is 12.8. The normalized spacial score (nSPS) is 10.9. The third-order valence-electron chi connectivity index (χ3n) is 3.57. The molecule has 3 heteroatoms. The van der Waals surface area contributed by atoms with E-state index in [2.05, 4.69) is 35.4 Å². The summed E-state index contributed by atoms with van der Waals surface area (Å²) in [7, 11) is 0.0670. The van der Waals surface area contributed by atoms with E-state index in [1.165, 1.54) is 5.56 Å². The van der Waals surface area contributed by atoms with Crippen molar-refractivity contribution in [2.45, 2.75) is 4.90 Å². The lowest BCUT2D eigenvalue weighted by Gasteiger charge is -2.06. The van der Waals surface area contributed by atoms with Crippen LogP contribution < -0.4 is 0 Å². The molecule has 1 aromatic heterocycles. The van der Waals surface area contributed by atoms with E-state index >= 15 is 0 Å². The van der Waals surface area contributed by atoms with Crippen molar-refractivity contribution in [1.82, 2.24) is 0 Å². The highest BCUT2D eigenvalue weighted by atomic mass is 32.2. The molecule has 0 fully saturated rings. The molecule has 0 amide bonds. The van der Waals surface area contributed by atoms with Crippen molar-refractivity contribution < 1.29 is 4.79 Å². The molecule has 0 unspecified atom stereocenters. The van der Waals surface area contributed by atoms with Crippen molar-refractivity contribution >= 4 is 28.0 Å². The highest BCUT2D eigenvalue weighted by Gasteiger charge is 2.20. The van der Waals surface area contributed by atoms with Crippen LogP contribution in [-0.2, 0) is 10.9 Å². The average Bonchev–Trinajstić information content (AvgIpc) is 3.09. The van der Waals surface area contributed by atoms with Gasteiger partial charge in [0.25, 0.3) is 0 Å². The van der Waals surface area contributed by atoms with Crippen molar-refractivity contribution in [3.63, 3.8) is 0 Å². The van der Waals surface area contributed by atoms with Crippen LogP contribution in [0.4, 0.5) is 0 Å². The Morgan fingerprint density at radius 3 is 2.27 bits per heavy atom. The van der Waals surface area contributed by atoms with Crippen molar-refractivity contribution in [1.29, 1.82) is 0 Å². The highest BCUT2D eigenvalue weighted by Crippen LogP contribution is 2.24. The number of ketones is 1. The van der Waals surface area contributed by atoms with Crippen molar-refractivity contribution in [3.8, 4) is 11.1 Å². The molecule has 0 aliphatic rings. The van der Waals surface area contributed by atoms with Crippen LogP contribution in [0.25, 0.3) is 11.1 Å². The van der Waals surface area contributed by atoms with Gasteiger partial charge in [0, 0.05) is 16.5 Å². The Balaban J connectivity index is 1.93. The van der Waals surface area contributed by atoms with Crippen LogP contribution >= 0.6 is 11.3 Å². The summed E-state index contributed by atoms with van der Waals surface area (Å²) in [5.41, 5.74) is 3.92. The molecule has 0 spiro atoms. The number of hydrogen-bond acceptors (Lipinski definition) is 2. The average molecular weight is 325 g/mol. The molecule has 110 valence electrons. The zero-order valence-corrected chi connectivity index (χ0v) is 14.2. The van der Waals surface area contributed by atoms with Gasteiger partial charge in [-0.05, 0) is 40.1 Å². The van der Waals surface area contributed by atoms with Crippen molar-refractivity contribution in [2.75, 3.05) is 12.5 Å². The molecule has 3 aromatic rings. The van der Waals surface area contributed by atoms with Gasteiger partial charge in [-0.3, -0.25) is 4.79 Å². The van der Waals surface area contributed by atoms with E-state index in [0.717, 1.165) is 21.6 Å². The number of hydrogen-bond donors (Lipinski definition) is 0. The highest BCUT2D eigenvalue weighted by molar-refractivity contribution is 7.95. The Kier molecular flexibility index (Phi) is 4.46. The number of thiophene rings is 1. The van der Waals surface area contributed by atoms with Gasteiger partial charge >= 0.3 is 0 Å². The van der Waals surface area contributed by atoms with Gasteiger partial charge in [-0.15, -0.1) is 0 Å². The van der Waals surface area contributed by atoms with E-state index in [1.807, 2.05) is 42.5 Å². The Morgan fingerprint density at radius 1 is 0.909 bits per heavy atom. The van der Waals surface area contributed by atoms with Gasteiger partial charge in [0.1, 0.15) is 12.5 Å². The third kappa shape index (κ3) is 3.01. The molecular weight excluding hydrogens is 308 g/mol. The number of carbonyl (C=O) groups excluding carboxylic acids is 1. The van der Waals surface area contributed by atoms with E-state index in [4.69, 9.17) is 0 Å². The van der Waals surface area contributed by atoms with Crippen LogP contribution in [0.3, 0.4) is 0 Å². The van der Waals surface area contributed by atoms with Gasteiger partial charge in [-0.2, -0.15) is 11.3 Å². The summed E-state index contributed by atoms with van der Waals surface area (Å²) in [6.45, 7) is 0. The molecule has 0 atom stereocenters. The topological polar surface area (TPSA) is 17.1 Å². The Hall–Kier alpha value is -1.84. The summed E-state index contributed by atoms with van der Waals surface area (Å²) in [5, 5.41) is 4.18. The summed E-state index contributed by atoms with van der Waals surface area (Å²) in [4.78, 5) is 13.9. The van der Waals surface area contributed by atoms with E-state index in [-0.39, 0.29) is 16.7 Å². The van der Waals surface area contributed by atoms with Crippen LogP contribution in [0.1, 0.15) is 15.9 Å². The first kappa shape index (κ1) is 15.1. The molecule has 0 N–H and O–H groups in total. The number of benzene rings is 2. The monoisotopic (exact) mass is 325 g/mol. The number of rotatable bonds is 4. The molecule has 3 rings (SSSR count). The fourth-order valence-corrected chi connectivity index (χ4v) is 4.02. The fraction of sp³-hybridized carbons (Fsp3) is 0.105. The van der Waals surface area contributed by atoms with E-state index in [9.17, 15) is 4.79 Å². The molecule has 2 aromatic carbocycles. The lowest BCUT2D eigenvalue weighted by molar-refractivity contribution is 0.103. The summed E-state index contributed by atoms with van der Waals surface area (Å²) in [6, 6.07) is 17.9. The fourth-order valence-electron chi connectivity index (χ4n) is 2.41. The SMILES string of the molecule is C[S+](C)c1ccccc1C(=O)c1ccc(-c2ccsc2)cc1. The van der Waals surface area contributed by atoms with Crippen LogP contribution in [0.2, 0.25) is 0 Å². The molecule has 0 bridgehead atoms. The van der Waals surface area contributed by atoms with Crippen LogP contribution in [0.5, 0.6) is 0 Å². The lowest BCUT2D eigenvalue weighted by atomic mass is 10.0. The minimum Gasteiger partial charge on any atom is -0.288 e. The second-order valence-corrected chi connectivity index (χ2v) is 8.08. The third-order valence-corrected chi connectivity index (χ3v) is 5.49. The van der Waals surface area contributed by atoms with Crippen molar-refractivity contribution in [2.24, 2.45) is 0 Å². The smallest absolute Gasteiger partial charge is 0.198 e. The predicted molar refractivity (Wildman–Crippen MR) is 97.1 cm³/mol. The summed E-state index contributed by atoms with van der Waals surface area (Å²) >= 11 is 1.68. The Morgan fingerprint density at radius 2 is 1.64 bits per heavy atom. The van der Waals surface area contributed by atoms with Crippen LogP contribution in [0.15, 0.2) is 70.3 Å². The van der Waals surface area contributed by atoms with E-state index < -0.39 is 0 Å². The first-order chi connectivity index (χ1) is 10.7. The summed E-state index contributed by atoms with van der Waals surface area (Å²) in [6.07, 6.45) is 4.29. The minimum atomic E-state index is 0.0670. The molecular formula is C19H17OS2+. The van der Waals surface area contributed by atoms with Crippen LogP contribution in [-0.4, -0.2) is 18.3 Å². The zero-order chi connectivity index (χ0) is 15.5. The first-order valence-corrected chi connectivity index (χ1v) is 9.99. The van der Waals surface area contributed by atoms with Crippen LogP contribution in [0, 0.1) is 0 Å². The van der Waals surface area contributed by atoms with Gasteiger partial charge in [0.2, 0.25) is 0 Å². The maximum absolute atomic E-state index is 12.8. The van der Waals surface area contributed by atoms with Crippen molar-refractivity contribution in [3.05, 3.63) is 76.5 Å². The number of carbonyl (C=O) groups is 1. The largest absolute Gasteiger partial charge is 0.288 e. The molecule has 1 nitrogen and oxygen atoms in total.